The van der Waals surface area contributed by atoms with E-state index in [1.54, 1.807) is 0 Å². The number of thioether (sulfide) groups is 1. The lowest BCUT2D eigenvalue weighted by molar-refractivity contribution is -0.152. The number of nitrogens with one attached hydrogen (secondary N) is 1. The van der Waals surface area contributed by atoms with Crippen molar-refractivity contribution >= 4 is 29.5 Å². The molecule has 1 aliphatic heterocycles. The zero-order chi connectivity index (χ0) is 14.6. The normalized spacial score (nSPS) is 21.6. The summed E-state index contributed by atoms with van der Waals surface area (Å²) in [6.07, 6.45) is 4.07. The quantitative estimate of drug-likeness (QED) is 0.766. The van der Waals surface area contributed by atoms with Crippen molar-refractivity contribution in [3.05, 3.63) is 0 Å². The molecule has 1 aliphatic carbocycles. The molecule has 2 fully saturated rings. The highest BCUT2D eigenvalue weighted by atomic mass is 32.2. The molecule has 6 nitrogen and oxygen atoms in total. The maximum Gasteiger partial charge on any atom is 0.331 e. The second-order valence-corrected chi connectivity index (χ2v) is 6.21. The van der Waals surface area contributed by atoms with Gasteiger partial charge in [0.2, 0.25) is 11.8 Å². The number of nitrogens with zero attached hydrogens (tertiary/aromatic N) is 1. The second kappa shape index (κ2) is 6.47. The van der Waals surface area contributed by atoms with Crippen LogP contribution >= 0.6 is 11.8 Å². The summed E-state index contributed by atoms with van der Waals surface area (Å²) >= 11 is 1.49. The van der Waals surface area contributed by atoms with Crippen molar-refractivity contribution < 1.29 is 19.1 Å². The topological polar surface area (TPSA) is 75.7 Å². The lowest BCUT2D eigenvalue weighted by Crippen LogP contribution is -2.58. The summed E-state index contributed by atoms with van der Waals surface area (Å²) in [5.74, 6) is 0.272. The van der Waals surface area contributed by atoms with Gasteiger partial charge in [0.15, 0.2) is 0 Å². The van der Waals surface area contributed by atoms with Crippen LogP contribution < -0.4 is 5.32 Å². The van der Waals surface area contributed by atoms with E-state index in [1.807, 2.05) is 0 Å². The molecule has 1 saturated heterocycles. The van der Waals surface area contributed by atoms with Gasteiger partial charge in [-0.25, -0.2) is 4.79 Å². The first-order valence-corrected chi connectivity index (χ1v) is 7.98. The number of esters is 1. The lowest BCUT2D eigenvalue weighted by atomic mass is 9.81. The third-order valence-corrected chi connectivity index (χ3v) is 4.77. The summed E-state index contributed by atoms with van der Waals surface area (Å²) in [6.45, 7) is 0.0184. The number of rotatable bonds is 4. The average molecular weight is 300 g/mol. The van der Waals surface area contributed by atoms with Gasteiger partial charge in [0.1, 0.15) is 12.1 Å². The van der Waals surface area contributed by atoms with E-state index >= 15 is 0 Å². The van der Waals surface area contributed by atoms with Crippen molar-refractivity contribution in [2.24, 2.45) is 0 Å². The molecular formula is C13H20N2O4S. The summed E-state index contributed by atoms with van der Waals surface area (Å²) in [5, 5.41) is 2.81. The van der Waals surface area contributed by atoms with Crippen molar-refractivity contribution in [2.75, 3.05) is 25.3 Å². The fourth-order valence-corrected chi connectivity index (χ4v) is 3.66. The van der Waals surface area contributed by atoms with Crippen molar-refractivity contribution in [1.82, 2.24) is 10.2 Å². The van der Waals surface area contributed by atoms with Crippen LogP contribution in [0.2, 0.25) is 0 Å². The molecule has 7 heteroatoms. The summed E-state index contributed by atoms with van der Waals surface area (Å²) in [6, 6.07) is 0. The van der Waals surface area contributed by atoms with E-state index in [1.165, 1.54) is 23.8 Å². The number of methoxy groups -OCH3 is 1. The molecule has 2 rings (SSSR count). The van der Waals surface area contributed by atoms with Crippen LogP contribution in [0, 0.1) is 0 Å². The Morgan fingerprint density at radius 2 is 2.05 bits per heavy atom. The van der Waals surface area contributed by atoms with Crippen LogP contribution in [0.1, 0.15) is 32.1 Å². The van der Waals surface area contributed by atoms with Crippen LogP contribution in [-0.2, 0) is 19.1 Å². The third-order valence-electron chi connectivity index (χ3n) is 3.82. The fraction of sp³-hybridized carbons (Fsp3) is 0.769. The maximum atomic E-state index is 12.1. The number of hydrogen-bond donors (Lipinski definition) is 1. The Kier molecular flexibility index (Phi) is 4.91. The predicted octanol–water partition coefficient (Wildman–Crippen LogP) is 0.511. The van der Waals surface area contributed by atoms with Gasteiger partial charge in [-0.3, -0.25) is 9.59 Å². The number of hydrogen-bond acceptors (Lipinski definition) is 5. The molecule has 20 heavy (non-hydrogen) atoms. The molecule has 2 aliphatic rings. The van der Waals surface area contributed by atoms with Crippen LogP contribution in [0.4, 0.5) is 0 Å². The zero-order valence-corrected chi connectivity index (χ0v) is 12.5. The van der Waals surface area contributed by atoms with E-state index in [-0.39, 0.29) is 24.3 Å². The number of amides is 2. The highest BCUT2D eigenvalue weighted by Crippen LogP contribution is 2.29. The molecule has 1 N–H and O–H groups in total. The lowest BCUT2D eigenvalue weighted by Gasteiger charge is -2.35. The van der Waals surface area contributed by atoms with Crippen molar-refractivity contribution in [1.29, 1.82) is 0 Å². The fourth-order valence-electron chi connectivity index (χ4n) is 2.75. The summed E-state index contributed by atoms with van der Waals surface area (Å²) in [5.41, 5.74) is -0.903. The molecule has 1 heterocycles. The average Bonchev–Trinajstić information content (AvgIpc) is 2.84. The minimum atomic E-state index is -0.903. The van der Waals surface area contributed by atoms with E-state index in [0.717, 1.165) is 19.3 Å². The van der Waals surface area contributed by atoms with Crippen LogP contribution in [0.5, 0.6) is 0 Å². The Labute approximate surface area is 122 Å². The maximum absolute atomic E-state index is 12.1. The molecule has 0 radical (unpaired) electrons. The molecule has 112 valence electrons. The molecule has 0 aromatic heterocycles. The Morgan fingerprint density at radius 3 is 2.60 bits per heavy atom. The summed E-state index contributed by atoms with van der Waals surface area (Å²) in [4.78, 5) is 37.1. The molecule has 0 unspecified atom stereocenters. The Balaban J connectivity index is 1.98. The molecule has 0 spiro atoms. The Hall–Kier alpha value is -1.24. The number of carbonyl (C=O) groups excluding carboxylic acids is 3. The zero-order valence-electron chi connectivity index (χ0n) is 11.6. The van der Waals surface area contributed by atoms with E-state index in [9.17, 15) is 14.4 Å². The van der Waals surface area contributed by atoms with Gasteiger partial charge in [-0.2, -0.15) is 0 Å². The van der Waals surface area contributed by atoms with Gasteiger partial charge in [0.25, 0.3) is 0 Å². The minimum Gasteiger partial charge on any atom is -0.467 e. The van der Waals surface area contributed by atoms with Crippen LogP contribution in [0.3, 0.4) is 0 Å². The molecule has 0 bridgehead atoms. The molecule has 1 saturated carbocycles. The van der Waals surface area contributed by atoms with E-state index < -0.39 is 5.54 Å². The van der Waals surface area contributed by atoms with Crippen LogP contribution in [-0.4, -0.2) is 53.5 Å². The first-order valence-electron chi connectivity index (χ1n) is 6.82. The summed E-state index contributed by atoms with van der Waals surface area (Å²) < 4.78 is 4.85. The Bertz CT molecular complexity index is 407. The van der Waals surface area contributed by atoms with Gasteiger partial charge in [0.05, 0.1) is 18.7 Å². The molecule has 0 aromatic rings. The summed E-state index contributed by atoms with van der Waals surface area (Å²) in [7, 11) is 1.34. The van der Waals surface area contributed by atoms with Gasteiger partial charge in [-0.05, 0) is 12.8 Å². The van der Waals surface area contributed by atoms with E-state index in [0.29, 0.717) is 24.5 Å². The third kappa shape index (κ3) is 3.26. The molecule has 0 atom stereocenters. The highest BCUT2D eigenvalue weighted by molar-refractivity contribution is 8.00. The van der Waals surface area contributed by atoms with Gasteiger partial charge in [-0.15, -0.1) is 11.8 Å². The van der Waals surface area contributed by atoms with Gasteiger partial charge < -0.3 is 15.0 Å². The highest BCUT2D eigenvalue weighted by Gasteiger charge is 2.42. The van der Waals surface area contributed by atoms with Crippen molar-refractivity contribution in [3.63, 3.8) is 0 Å². The SMILES string of the molecule is COC(=O)C1(NC(=O)CN2CSCC2=O)CCCCC1. The molecular weight excluding hydrogens is 280 g/mol. The van der Waals surface area contributed by atoms with Crippen LogP contribution in [0.25, 0.3) is 0 Å². The first kappa shape index (κ1) is 15.2. The smallest absolute Gasteiger partial charge is 0.331 e. The minimum absolute atomic E-state index is 0.0184. The first-order chi connectivity index (χ1) is 9.57. The standard InChI is InChI=1S/C13H20N2O4S/c1-19-12(18)13(5-3-2-4-6-13)14-10(16)7-15-9-20-8-11(15)17/h2-9H2,1H3,(H,14,16). The van der Waals surface area contributed by atoms with E-state index in [2.05, 4.69) is 5.32 Å². The Morgan fingerprint density at radius 1 is 1.35 bits per heavy atom. The predicted molar refractivity (Wildman–Crippen MR) is 75.0 cm³/mol. The van der Waals surface area contributed by atoms with Crippen molar-refractivity contribution in [2.45, 2.75) is 37.6 Å². The van der Waals surface area contributed by atoms with E-state index in [4.69, 9.17) is 4.74 Å². The second-order valence-electron chi connectivity index (χ2n) is 5.25. The number of carbonyl (C=O) groups is 3. The number of ether oxygens (including phenoxy) is 1. The monoisotopic (exact) mass is 300 g/mol. The van der Waals surface area contributed by atoms with Gasteiger partial charge >= 0.3 is 5.97 Å². The van der Waals surface area contributed by atoms with Gasteiger partial charge in [-0.1, -0.05) is 19.3 Å². The van der Waals surface area contributed by atoms with Crippen molar-refractivity contribution in [3.8, 4) is 0 Å². The van der Waals surface area contributed by atoms with Gasteiger partial charge in [0, 0.05) is 0 Å². The molecule has 0 aromatic carbocycles. The van der Waals surface area contributed by atoms with Crippen LogP contribution in [0.15, 0.2) is 0 Å². The largest absolute Gasteiger partial charge is 0.467 e. The molecule has 2 amide bonds.